The molecule has 2 aliphatic carbocycles. The van der Waals surface area contributed by atoms with Crippen molar-refractivity contribution in [3.63, 3.8) is 0 Å². The molecule has 0 spiro atoms. The maximum Gasteiger partial charge on any atom is 0.407 e. The second kappa shape index (κ2) is 9.25. The number of aliphatic hydroxyl groups excluding tert-OH is 1. The summed E-state index contributed by atoms with van der Waals surface area (Å²) in [6.07, 6.45) is 6.51. The van der Waals surface area contributed by atoms with Crippen molar-refractivity contribution < 1.29 is 19.8 Å². The van der Waals surface area contributed by atoms with Crippen LogP contribution in [0.25, 0.3) is 0 Å². The minimum absolute atomic E-state index is 0.0265. The van der Waals surface area contributed by atoms with Crippen molar-refractivity contribution in [3.05, 3.63) is 11.8 Å². The molecular formula is C19H30N6O4. The third kappa shape index (κ3) is 5.47. The van der Waals surface area contributed by atoms with E-state index in [1.54, 1.807) is 7.05 Å². The molecule has 2 fully saturated rings. The van der Waals surface area contributed by atoms with E-state index in [-0.39, 0.29) is 29.8 Å². The molecule has 6 N–H and O–H groups in total. The third-order valence-electron chi connectivity index (χ3n) is 5.92. The highest BCUT2D eigenvalue weighted by molar-refractivity contribution is 5.97. The van der Waals surface area contributed by atoms with Crippen molar-refractivity contribution in [1.29, 1.82) is 0 Å². The van der Waals surface area contributed by atoms with Crippen molar-refractivity contribution in [2.75, 3.05) is 17.7 Å². The second-order valence-corrected chi connectivity index (χ2v) is 8.03. The number of rotatable bonds is 6. The monoisotopic (exact) mass is 406 g/mol. The standard InChI is InChI=1S/C19H30N6O4/c1-25(19(28)29)13-7-5-11(6-8-13)23-18-21-10-15(16(20)27)17(24-18)22-12-3-2-4-14(26)9-12/h10-14,26H,2-9H2,1H3,(H2,20,27)(H,28,29)(H2,21,22,23,24)/t11?,12-,13?,14+/m1/s1. The average Bonchev–Trinajstić information content (AvgIpc) is 2.68. The average molecular weight is 406 g/mol. The first-order valence-electron chi connectivity index (χ1n) is 10.2. The fourth-order valence-electron chi connectivity index (χ4n) is 4.18. The second-order valence-electron chi connectivity index (χ2n) is 8.03. The zero-order valence-electron chi connectivity index (χ0n) is 16.7. The lowest BCUT2D eigenvalue weighted by molar-refractivity contribution is 0.1000. The van der Waals surface area contributed by atoms with Crippen LogP contribution in [0.15, 0.2) is 6.20 Å². The van der Waals surface area contributed by atoms with Gasteiger partial charge in [-0.3, -0.25) is 4.79 Å². The molecule has 2 aliphatic rings. The molecule has 29 heavy (non-hydrogen) atoms. The third-order valence-corrected chi connectivity index (χ3v) is 5.92. The van der Waals surface area contributed by atoms with Gasteiger partial charge in [0.1, 0.15) is 5.82 Å². The van der Waals surface area contributed by atoms with Crippen LogP contribution in [0.2, 0.25) is 0 Å². The van der Waals surface area contributed by atoms with Crippen molar-refractivity contribution in [2.45, 2.75) is 75.6 Å². The number of aliphatic hydroxyl groups is 1. The van der Waals surface area contributed by atoms with Crippen LogP contribution in [0.1, 0.15) is 61.7 Å². The molecular weight excluding hydrogens is 376 g/mol. The van der Waals surface area contributed by atoms with E-state index in [2.05, 4.69) is 20.6 Å². The summed E-state index contributed by atoms with van der Waals surface area (Å²) in [6, 6.07) is 0.192. The molecule has 10 heteroatoms. The summed E-state index contributed by atoms with van der Waals surface area (Å²) in [5.74, 6) is 0.185. The molecule has 0 radical (unpaired) electrons. The summed E-state index contributed by atoms with van der Waals surface area (Å²) in [4.78, 5) is 32.9. The first-order valence-corrected chi connectivity index (χ1v) is 10.2. The van der Waals surface area contributed by atoms with Crippen molar-refractivity contribution in [2.24, 2.45) is 5.73 Å². The lowest BCUT2D eigenvalue weighted by atomic mass is 9.90. The fourth-order valence-corrected chi connectivity index (χ4v) is 4.18. The van der Waals surface area contributed by atoms with Gasteiger partial charge in [-0.15, -0.1) is 0 Å². The number of nitrogens with two attached hydrogens (primary N) is 1. The summed E-state index contributed by atoms with van der Waals surface area (Å²) in [5.41, 5.74) is 5.69. The van der Waals surface area contributed by atoms with Gasteiger partial charge in [-0.2, -0.15) is 4.98 Å². The number of nitrogens with zero attached hydrogens (tertiary/aromatic N) is 3. The van der Waals surface area contributed by atoms with Gasteiger partial charge in [-0.05, 0) is 51.4 Å². The van der Waals surface area contributed by atoms with E-state index in [4.69, 9.17) is 10.8 Å². The SMILES string of the molecule is CN(C(=O)O)C1CCC(Nc2ncc(C(N)=O)c(N[C@@H]3CCC[C@H](O)C3)n2)CC1. The van der Waals surface area contributed by atoms with E-state index >= 15 is 0 Å². The lowest BCUT2D eigenvalue weighted by Crippen LogP contribution is -2.41. The number of hydrogen-bond donors (Lipinski definition) is 5. The Morgan fingerprint density at radius 1 is 1.14 bits per heavy atom. The Balaban J connectivity index is 1.64. The molecule has 0 unspecified atom stereocenters. The van der Waals surface area contributed by atoms with Gasteiger partial charge in [0, 0.05) is 31.4 Å². The van der Waals surface area contributed by atoms with Crippen LogP contribution >= 0.6 is 0 Å². The first kappa shape index (κ1) is 21.1. The van der Waals surface area contributed by atoms with Crippen LogP contribution in [0.5, 0.6) is 0 Å². The maximum absolute atomic E-state index is 11.8. The van der Waals surface area contributed by atoms with Gasteiger partial charge >= 0.3 is 6.09 Å². The van der Waals surface area contributed by atoms with E-state index in [0.717, 1.165) is 44.9 Å². The fraction of sp³-hybridized carbons (Fsp3) is 0.684. The Morgan fingerprint density at radius 2 is 1.86 bits per heavy atom. The molecule has 1 aromatic heterocycles. The lowest BCUT2D eigenvalue weighted by Gasteiger charge is -2.33. The Kier molecular flexibility index (Phi) is 6.73. The van der Waals surface area contributed by atoms with Gasteiger partial charge in [0.15, 0.2) is 0 Å². The van der Waals surface area contributed by atoms with Gasteiger partial charge in [0.05, 0.1) is 11.7 Å². The minimum Gasteiger partial charge on any atom is -0.465 e. The number of nitrogens with one attached hydrogen (secondary N) is 2. The maximum atomic E-state index is 11.8. The van der Waals surface area contributed by atoms with Gasteiger partial charge < -0.3 is 31.5 Å². The number of carbonyl (C=O) groups is 2. The molecule has 0 aromatic carbocycles. The predicted octanol–water partition coefficient (Wildman–Crippen LogP) is 1.62. The summed E-state index contributed by atoms with van der Waals surface area (Å²) in [7, 11) is 1.60. The highest BCUT2D eigenvalue weighted by atomic mass is 16.4. The predicted molar refractivity (Wildman–Crippen MR) is 108 cm³/mol. The molecule has 160 valence electrons. The van der Waals surface area contributed by atoms with Gasteiger partial charge in [0.2, 0.25) is 5.95 Å². The number of anilines is 2. The molecule has 0 bridgehead atoms. The Hall–Kier alpha value is -2.62. The number of carbonyl (C=O) groups excluding carboxylic acids is 1. The number of aromatic nitrogens is 2. The smallest absolute Gasteiger partial charge is 0.407 e. The van der Waals surface area contributed by atoms with E-state index < -0.39 is 12.0 Å². The zero-order chi connectivity index (χ0) is 21.0. The van der Waals surface area contributed by atoms with E-state index in [1.807, 2.05) is 0 Å². The van der Waals surface area contributed by atoms with Crippen LogP contribution in [-0.2, 0) is 0 Å². The van der Waals surface area contributed by atoms with Crippen LogP contribution in [0.3, 0.4) is 0 Å². The van der Waals surface area contributed by atoms with Crippen molar-refractivity contribution in [3.8, 4) is 0 Å². The summed E-state index contributed by atoms with van der Waals surface area (Å²) in [6.45, 7) is 0. The Morgan fingerprint density at radius 3 is 2.48 bits per heavy atom. The summed E-state index contributed by atoms with van der Waals surface area (Å²) >= 11 is 0. The largest absolute Gasteiger partial charge is 0.465 e. The van der Waals surface area contributed by atoms with Gasteiger partial charge in [-0.1, -0.05) is 0 Å². The quantitative estimate of drug-likeness (QED) is 0.477. The molecule has 3 rings (SSSR count). The van der Waals surface area contributed by atoms with E-state index in [9.17, 15) is 14.7 Å². The van der Waals surface area contributed by atoms with Gasteiger partial charge in [-0.25, -0.2) is 9.78 Å². The number of carboxylic acid groups (broad SMARTS) is 1. The molecule has 10 nitrogen and oxygen atoms in total. The van der Waals surface area contributed by atoms with Crippen LogP contribution in [-0.4, -0.2) is 68.4 Å². The molecule has 2 atom stereocenters. The zero-order valence-corrected chi connectivity index (χ0v) is 16.7. The molecule has 1 heterocycles. The van der Waals surface area contributed by atoms with Crippen molar-refractivity contribution in [1.82, 2.24) is 14.9 Å². The number of hydrogen-bond acceptors (Lipinski definition) is 7. The molecule has 1 aromatic rings. The van der Waals surface area contributed by atoms with Crippen LogP contribution < -0.4 is 16.4 Å². The van der Waals surface area contributed by atoms with E-state index in [1.165, 1.54) is 11.1 Å². The Bertz CT molecular complexity index is 737. The van der Waals surface area contributed by atoms with E-state index in [0.29, 0.717) is 18.2 Å². The normalized spacial score (nSPS) is 27.1. The molecule has 2 saturated carbocycles. The summed E-state index contributed by atoms with van der Waals surface area (Å²) < 4.78 is 0. The molecule has 2 amide bonds. The van der Waals surface area contributed by atoms with Crippen LogP contribution in [0.4, 0.5) is 16.6 Å². The highest BCUT2D eigenvalue weighted by Crippen LogP contribution is 2.26. The Labute approximate surface area is 169 Å². The van der Waals surface area contributed by atoms with Crippen molar-refractivity contribution >= 4 is 23.8 Å². The molecule has 0 aliphatic heterocycles. The summed E-state index contributed by atoms with van der Waals surface area (Å²) in [5, 5.41) is 25.5. The molecule has 0 saturated heterocycles. The first-order chi connectivity index (χ1) is 13.8. The number of amides is 2. The van der Waals surface area contributed by atoms with Gasteiger partial charge in [0.25, 0.3) is 5.91 Å². The van der Waals surface area contributed by atoms with Crippen LogP contribution in [0, 0.1) is 0 Å². The number of primary amides is 1. The topological polar surface area (TPSA) is 154 Å². The minimum atomic E-state index is -0.907. The highest BCUT2D eigenvalue weighted by Gasteiger charge is 2.27.